The van der Waals surface area contributed by atoms with Crippen molar-refractivity contribution < 1.29 is 9.84 Å². The van der Waals surface area contributed by atoms with Gasteiger partial charge in [-0.2, -0.15) is 0 Å². The maximum absolute atomic E-state index is 9.89. The molecule has 100 valence electrons. The Morgan fingerprint density at radius 3 is 2.79 bits per heavy atom. The number of anilines is 1. The Balaban J connectivity index is 2.22. The summed E-state index contributed by atoms with van der Waals surface area (Å²) in [7, 11) is 1.59. The van der Waals surface area contributed by atoms with E-state index in [-0.39, 0.29) is 11.8 Å². The third-order valence-electron chi connectivity index (χ3n) is 2.78. The summed E-state index contributed by atoms with van der Waals surface area (Å²) < 4.78 is 5.15. The number of aromatic nitrogens is 1. The summed E-state index contributed by atoms with van der Waals surface area (Å²) in [5.74, 6) is 1.56. The second-order valence-corrected chi connectivity index (χ2v) is 4.52. The molecule has 4 nitrogen and oxygen atoms in total. The predicted octanol–water partition coefficient (Wildman–Crippen LogP) is 3.62. The molecule has 2 N–H and O–H groups in total. The zero-order valence-electron chi connectivity index (χ0n) is 10.7. The molecule has 0 aliphatic heterocycles. The van der Waals surface area contributed by atoms with Gasteiger partial charge in [-0.25, -0.2) is 4.98 Å². The van der Waals surface area contributed by atoms with E-state index >= 15 is 0 Å². The van der Waals surface area contributed by atoms with Gasteiger partial charge in [0.25, 0.3) is 0 Å². The third-order valence-corrected chi connectivity index (χ3v) is 2.99. The zero-order valence-corrected chi connectivity index (χ0v) is 11.5. The molecule has 0 fully saturated rings. The number of hydrogen-bond donors (Lipinski definition) is 2. The summed E-state index contributed by atoms with van der Waals surface area (Å²) in [6.07, 6.45) is 0. The van der Waals surface area contributed by atoms with E-state index in [4.69, 9.17) is 16.3 Å². The first-order valence-corrected chi connectivity index (χ1v) is 6.24. The lowest BCUT2D eigenvalue weighted by Crippen LogP contribution is -2.08. The number of halogens is 1. The summed E-state index contributed by atoms with van der Waals surface area (Å²) in [5, 5.41) is 13.5. The van der Waals surface area contributed by atoms with E-state index in [2.05, 4.69) is 10.3 Å². The lowest BCUT2D eigenvalue weighted by Gasteiger charge is -2.17. The first kappa shape index (κ1) is 13.5. The van der Waals surface area contributed by atoms with E-state index in [0.717, 1.165) is 5.56 Å². The number of nitrogens with one attached hydrogen (secondary N) is 1. The topological polar surface area (TPSA) is 54.4 Å². The average molecular weight is 279 g/mol. The van der Waals surface area contributed by atoms with Crippen LogP contribution in [0.2, 0.25) is 5.15 Å². The molecular formula is C14H15ClN2O2. The van der Waals surface area contributed by atoms with E-state index < -0.39 is 0 Å². The van der Waals surface area contributed by atoms with Crippen LogP contribution in [0.15, 0.2) is 36.4 Å². The van der Waals surface area contributed by atoms with E-state index in [9.17, 15) is 5.11 Å². The molecule has 0 bridgehead atoms. The quantitative estimate of drug-likeness (QED) is 0.839. The highest BCUT2D eigenvalue weighted by Gasteiger charge is 2.12. The lowest BCUT2D eigenvalue weighted by molar-refractivity contribution is 0.410. The van der Waals surface area contributed by atoms with E-state index in [0.29, 0.717) is 16.7 Å². The minimum Gasteiger partial charge on any atom is -0.508 e. The Hall–Kier alpha value is -1.94. The van der Waals surface area contributed by atoms with Gasteiger partial charge in [0.05, 0.1) is 13.2 Å². The summed E-state index contributed by atoms with van der Waals surface area (Å²) >= 11 is 5.83. The number of aromatic hydroxyl groups is 1. The Labute approximate surface area is 117 Å². The third kappa shape index (κ3) is 3.29. The lowest BCUT2D eigenvalue weighted by atomic mass is 10.1. The van der Waals surface area contributed by atoms with Gasteiger partial charge in [0.15, 0.2) is 0 Å². The van der Waals surface area contributed by atoms with Crippen molar-refractivity contribution in [3.8, 4) is 11.5 Å². The van der Waals surface area contributed by atoms with Crippen LogP contribution in [0, 0.1) is 0 Å². The van der Waals surface area contributed by atoms with Crippen LogP contribution >= 0.6 is 11.6 Å². The second-order valence-electron chi connectivity index (χ2n) is 4.14. The standard InChI is InChI=1S/C14H15ClN2O2/c1-9(16-14-5-3-4-13(15)17-14)11-8-10(19-2)6-7-12(11)18/h3-9,18H,1-2H3,(H,16,17). The SMILES string of the molecule is COc1ccc(O)c(C(C)Nc2cccc(Cl)n2)c1. The number of benzene rings is 1. The summed E-state index contributed by atoms with van der Waals surface area (Å²) in [4.78, 5) is 4.15. The largest absolute Gasteiger partial charge is 0.508 e. The van der Waals surface area contributed by atoms with Crippen LogP contribution in [-0.2, 0) is 0 Å². The van der Waals surface area contributed by atoms with E-state index in [1.807, 2.05) is 19.1 Å². The van der Waals surface area contributed by atoms with Crippen molar-refractivity contribution in [1.29, 1.82) is 0 Å². The number of ether oxygens (including phenoxy) is 1. The highest BCUT2D eigenvalue weighted by Crippen LogP contribution is 2.30. The van der Waals surface area contributed by atoms with E-state index in [1.54, 1.807) is 31.4 Å². The molecule has 0 aliphatic rings. The van der Waals surface area contributed by atoms with Gasteiger partial charge in [-0.1, -0.05) is 17.7 Å². The molecule has 5 heteroatoms. The van der Waals surface area contributed by atoms with Crippen molar-refractivity contribution in [1.82, 2.24) is 4.98 Å². The second kappa shape index (κ2) is 5.80. The first-order valence-electron chi connectivity index (χ1n) is 5.86. The summed E-state index contributed by atoms with van der Waals surface area (Å²) in [5.41, 5.74) is 0.737. The van der Waals surface area contributed by atoms with Gasteiger partial charge in [-0.3, -0.25) is 0 Å². The maximum atomic E-state index is 9.89. The molecule has 0 amide bonds. The van der Waals surface area contributed by atoms with Gasteiger partial charge in [0.2, 0.25) is 0 Å². The monoisotopic (exact) mass is 278 g/mol. The molecule has 1 aromatic carbocycles. The Kier molecular flexibility index (Phi) is 4.12. The van der Waals surface area contributed by atoms with Crippen molar-refractivity contribution in [3.63, 3.8) is 0 Å². The minimum absolute atomic E-state index is 0.124. The highest BCUT2D eigenvalue weighted by atomic mass is 35.5. The number of phenols is 1. The van der Waals surface area contributed by atoms with Crippen LogP contribution in [-0.4, -0.2) is 17.2 Å². The van der Waals surface area contributed by atoms with Gasteiger partial charge < -0.3 is 15.2 Å². The van der Waals surface area contributed by atoms with Gasteiger partial charge in [-0.05, 0) is 37.3 Å². The molecule has 19 heavy (non-hydrogen) atoms. The minimum atomic E-state index is -0.124. The fraction of sp³-hybridized carbons (Fsp3) is 0.214. The molecule has 1 aromatic heterocycles. The smallest absolute Gasteiger partial charge is 0.131 e. The molecular weight excluding hydrogens is 264 g/mol. The van der Waals surface area contributed by atoms with Crippen molar-refractivity contribution >= 4 is 17.4 Å². The molecule has 2 rings (SSSR count). The Morgan fingerprint density at radius 1 is 1.32 bits per heavy atom. The number of hydrogen-bond acceptors (Lipinski definition) is 4. The normalized spacial score (nSPS) is 11.9. The molecule has 1 heterocycles. The molecule has 0 aliphatic carbocycles. The summed E-state index contributed by atoms with van der Waals surface area (Å²) in [6, 6.07) is 10.3. The molecule has 2 aromatic rings. The number of nitrogens with zero attached hydrogens (tertiary/aromatic N) is 1. The first-order chi connectivity index (χ1) is 9.10. The van der Waals surface area contributed by atoms with Crippen LogP contribution in [0.25, 0.3) is 0 Å². The maximum Gasteiger partial charge on any atom is 0.131 e. The van der Waals surface area contributed by atoms with Crippen molar-refractivity contribution in [2.24, 2.45) is 0 Å². The molecule has 0 saturated heterocycles. The van der Waals surface area contributed by atoms with Gasteiger partial charge in [0.1, 0.15) is 22.5 Å². The number of pyridine rings is 1. The van der Waals surface area contributed by atoms with Crippen LogP contribution in [0.3, 0.4) is 0 Å². The van der Waals surface area contributed by atoms with E-state index in [1.165, 1.54) is 0 Å². The van der Waals surface area contributed by atoms with Crippen molar-refractivity contribution in [2.45, 2.75) is 13.0 Å². The molecule has 1 unspecified atom stereocenters. The Morgan fingerprint density at radius 2 is 2.11 bits per heavy atom. The van der Waals surface area contributed by atoms with Crippen LogP contribution in [0.5, 0.6) is 11.5 Å². The number of rotatable bonds is 4. The predicted molar refractivity (Wildman–Crippen MR) is 75.9 cm³/mol. The average Bonchev–Trinajstić information content (AvgIpc) is 2.39. The Bertz CT molecular complexity index is 575. The number of phenolic OH excluding ortho intramolecular Hbond substituents is 1. The van der Waals surface area contributed by atoms with Crippen molar-refractivity contribution in [2.75, 3.05) is 12.4 Å². The fourth-order valence-electron chi connectivity index (χ4n) is 1.79. The fourth-order valence-corrected chi connectivity index (χ4v) is 1.96. The van der Waals surface area contributed by atoms with Crippen LogP contribution in [0.1, 0.15) is 18.5 Å². The van der Waals surface area contributed by atoms with Crippen LogP contribution in [0.4, 0.5) is 5.82 Å². The van der Waals surface area contributed by atoms with Gasteiger partial charge in [0, 0.05) is 5.56 Å². The summed E-state index contributed by atoms with van der Waals surface area (Å²) in [6.45, 7) is 1.93. The number of methoxy groups -OCH3 is 1. The molecule has 0 radical (unpaired) electrons. The van der Waals surface area contributed by atoms with Gasteiger partial charge >= 0.3 is 0 Å². The van der Waals surface area contributed by atoms with Gasteiger partial charge in [-0.15, -0.1) is 0 Å². The molecule has 1 atom stereocenters. The zero-order chi connectivity index (χ0) is 13.8. The molecule has 0 saturated carbocycles. The van der Waals surface area contributed by atoms with Crippen molar-refractivity contribution in [3.05, 3.63) is 47.1 Å². The molecule has 0 spiro atoms. The van der Waals surface area contributed by atoms with Crippen LogP contribution < -0.4 is 10.1 Å². The highest BCUT2D eigenvalue weighted by molar-refractivity contribution is 6.29.